The molecule has 1 rings (SSSR count). The number of aryl methyl sites for hydroxylation is 1. The number of hydrogen-bond acceptors (Lipinski definition) is 3. The normalized spacial score (nSPS) is 15.4. The first-order chi connectivity index (χ1) is 6.67. The highest BCUT2D eigenvalue weighted by molar-refractivity contribution is 7.09. The van der Waals surface area contributed by atoms with Gasteiger partial charge in [0.15, 0.2) is 0 Å². The van der Waals surface area contributed by atoms with Crippen molar-refractivity contribution in [1.82, 2.24) is 10.3 Å². The van der Waals surface area contributed by atoms with E-state index in [-0.39, 0.29) is 0 Å². The van der Waals surface area contributed by atoms with Crippen molar-refractivity contribution in [3.05, 3.63) is 16.1 Å². The Hall–Kier alpha value is -0.410. The molecule has 2 nitrogen and oxygen atoms in total. The second kappa shape index (κ2) is 5.47. The van der Waals surface area contributed by atoms with E-state index in [2.05, 4.69) is 36.5 Å². The topological polar surface area (TPSA) is 24.9 Å². The SMILES string of the molecule is CCC(C)C(Cc1csc(C)n1)NC. The van der Waals surface area contributed by atoms with E-state index >= 15 is 0 Å². The number of thiazole rings is 1. The summed E-state index contributed by atoms with van der Waals surface area (Å²) in [4.78, 5) is 4.49. The average Bonchev–Trinajstić information content (AvgIpc) is 2.59. The minimum absolute atomic E-state index is 0.557. The lowest BCUT2D eigenvalue weighted by Crippen LogP contribution is -2.33. The molecule has 0 aromatic carbocycles. The van der Waals surface area contributed by atoms with E-state index < -0.39 is 0 Å². The summed E-state index contributed by atoms with van der Waals surface area (Å²) < 4.78 is 0. The maximum absolute atomic E-state index is 4.49. The quantitative estimate of drug-likeness (QED) is 0.811. The molecule has 1 aromatic heterocycles. The molecule has 0 aliphatic carbocycles. The van der Waals surface area contributed by atoms with Crippen LogP contribution in [0.15, 0.2) is 5.38 Å². The zero-order valence-electron chi connectivity index (χ0n) is 9.50. The van der Waals surface area contributed by atoms with Crippen LogP contribution >= 0.6 is 11.3 Å². The van der Waals surface area contributed by atoms with Gasteiger partial charge in [0.1, 0.15) is 0 Å². The van der Waals surface area contributed by atoms with Gasteiger partial charge in [-0.25, -0.2) is 4.98 Å². The van der Waals surface area contributed by atoms with Crippen molar-refractivity contribution in [2.24, 2.45) is 5.92 Å². The van der Waals surface area contributed by atoms with Crippen LogP contribution in [0.3, 0.4) is 0 Å². The van der Waals surface area contributed by atoms with Gasteiger partial charge in [0.05, 0.1) is 10.7 Å². The number of rotatable bonds is 5. The number of nitrogens with one attached hydrogen (secondary N) is 1. The first-order valence-electron chi connectivity index (χ1n) is 5.25. The molecule has 2 atom stereocenters. The third-order valence-corrected chi connectivity index (χ3v) is 3.62. The van der Waals surface area contributed by atoms with E-state index in [0.29, 0.717) is 12.0 Å². The van der Waals surface area contributed by atoms with Crippen molar-refractivity contribution in [2.75, 3.05) is 7.05 Å². The van der Waals surface area contributed by atoms with E-state index in [1.165, 1.54) is 17.1 Å². The molecule has 0 spiro atoms. The highest BCUT2D eigenvalue weighted by atomic mass is 32.1. The van der Waals surface area contributed by atoms with Gasteiger partial charge in [-0.05, 0) is 19.9 Å². The maximum Gasteiger partial charge on any atom is 0.0897 e. The van der Waals surface area contributed by atoms with E-state index in [1.54, 1.807) is 11.3 Å². The molecule has 0 bridgehead atoms. The molecule has 0 saturated heterocycles. The van der Waals surface area contributed by atoms with Gasteiger partial charge >= 0.3 is 0 Å². The summed E-state index contributed by atoms with van der Waals surface area (Å²) >= 11 is 1.74. The zero-order chi connectivity index (χ0) is 10.6. The summed E-state index contributed by atoms with van der Waals surface area (Å²) in [6, 6.07) is 0.557. The van der Waals surface area contributed by atoms with E-state index in [0.717, 1.165) is 6.42 Å². The molecule has 3 heteroatoms. The van der Waals surface area contributed by atoms with Gasteiger partial charge in [-0.15, -0.1) is 11.3 Å². The van der Waals surface area contributed by atoms with Crippen LogP contribution in [0, 0.1) is 12.8 Å². The number of aromatic nitrogens is 1. The molecule has 0 aliphatic heterocycles. The maximum atomic E-state index is 4.49. The van der Waals surface area contributed by atoms with E-state index in [1.807, 2.05) is 7.05 Å². The van der Waals surface area contributed by atoms with Gasteiger partial charge in [-0.1, -0.05) is 20.3 Å². The Morgan fingerprint density at radius 2 is 2.29 bits per heavy atom. The Kier molecular flexibility index (Phi) is 4.55. The smallest absolute Gasteiger partial charge is 0.0897 e. The zero-order valence-corrected chi connectivity index (χ0v) is 10.3. The predicted molar refractivity (Wildman–Crippen MR) is 62.9 cm³/mol. The average molecular weight is 212 g/mol. The summed E-state index contributed by atoms with van der Waals surface area (Å²) in [5.74, 6) is 0.710. The first kappa shape index (κ1) is 11.7. The molecule has 0 aliphatic rings. The van der Waals surface area contributed by atoms with Crippen molar-refractivity contribution in [2.45, 2.75) is 39.7 Å². The second-order valence-electron chi connectivity index (χ2n) is 3.84. The third-order valence-electron chi connectivity index (χ3n) is 2.80. The van der Waals surface area contributed by atoms with Crippen molar-refractivity contribution in [1.29, 1.82) is 0 Å². The molecule has 1 N–H and O–H groups in total. The lowest BCUT2D eigenvalue weighted by molar-refractivity contribution is 0.384. The summed E-state index contributed by atoms with van der Waals surface area (Å²) in [6.45, 7) is 6.59. The monoisotopic (exact) mass is 212 g/mol. The van der Waals surface area contributed by atoms with Crippen LogP contribution in [-0.2, 0) is 6.42 Å². The van der Waals surface area contributed by atoms with Gasteiger partial charge in [-0.3, -0.25) is 0 Å². The van der Waals surface area contributed by atoms with Crippen LogP contribution in [0.5, 0.6) is 0 Å². The number of likely N-dealkylation sites (N-methyl/N-ethyl adjacent to an activating group) is 1. The molecule has 14 heavy (non-hydrogen) atoms. The van der Waals surface area contributed by atoms with Crippen LogP contribution in [0.25, 0.3) is 0 Å². The predicted octanol–water partition coefficient (Wildman–Crippen LogP) is 2.63. The fourth-order valence-electron chi connectivity index (χ4n) is 1.60. The second-order valence-corrected chi connectivity index (χ2v) is 4.90. The molecule has 0 fully saturated rings. The molecule has 0 saturated carbocycles. The van der Waals surface area contributed by atoms with Crippen molar-refractivity contribution in [3.8, 4) is 0 Å². The lowest BCUT2D eigenvalue weighted by atomic mass is 9.95. The summed E-state index contributed by atoms with van der Waals surface area (Å²) in [5.41, 5.74) is 1.23. The molecular weight excluding hydrogens is 192 g/mol. The van der Waals surface area contributed by atoms with Crippen molar-refractivity contribution >= 4 is 11.3 Å². The largest absolute Gasteiger partial charge is 0.316 e. The fourth-order valence-corrected chi connectivity index (χ4v) is 2.23. The Balaban J connectivity index is 2.56. The fraction of sp³-hybridized carbons (Fsp3) is 0.727. The van der Waals surface area contributed by atoms with Gasteiger partial charge < -0.3 is 5.32 Å². The third kappa shape index (κ3) is 3.07. The summed E-state index contributed by atoms with van der Waals surface area (Å²) in [7, 11) is 2.04. The van der Waals surface area contributed by atoms with Crippen LogP contribution < -0.4 is 5.32 Å². The Morgan fingerprint density at radius 3 is 2.71 bits per heavy atom. The molecule has 0 amide bonds. The Bertz CT molecular complexity index is 270. The molecule has 1 heterocycles. The Labute approximate surface area is 90.8 Å². The van der Waals surface area contributed by atoms with Gasteiger partial charge in [-0.2, -0.15) is 0 Å². The van der Waals surface area contributed by atoms with E-state index in [9.17, 15) is 0 Å². The Morgan fingerprint density at radius 1 is 1.57 bits per heavy atom. The van der Waals surface area contributed by atoms with E-state index in [4.69, 9.17) is 0 Å². The summed E-state index contributed by atoms with van der Waals surface area (Å²) in [6.07, 6.45) is 2.27. The first-order valence-corrected chi connectivity index (χ1v) is 6.13. The van der Waals surface area contributed by atoms with Gasteiger partial charge in [0, 0.05) is 17.8 Å². The van der Waals surface area contributed by atoms with Gasteiger partial charge in [0.25, 0.3) is 0 Å². The molecule has 0 radical (unpaired) electrons. The standard InChI is InChI=1S/C11H20N2S/c1-5-8(2)11(12-4)6-10-7-14-9(3)13-10/h7-8,11-12H,5-6H2,1-4H3. The molecule has 1 aromatic rings. The van der Waals surface area contributed by atoms with Crippen LogP contribution in [0.2, 0.25) is 0 Å². The van der Waals surface area contributed by atoms with Crippen LogP contribution in [0.1, 0.15) is 31.0 Å². The highest BCUT2D eigenvalue weighted by Crippen LogP contribution is 2.15. The van der Waals surface area contributed by atoms with Crippen molar-refractivity contribution < 1.29 is 0 Å². The number of nitrogens with zero attached hydrogens (tertiary/aromatic N) is 1. The summed E-state index contributed by atoms with van der Waals surface area (Å²) in [5, 5.41) is 6.71. The van der Waals surface area contributed by atoms with Crippen LogP contribution in [0.4, 0.5) is 0 Å². The van der Waals surface area contributed by atoms with Crippen LogP contribution in [-0.4, -0.2) is 18.1 Å². The minimum atomic E-state index is 0.557. The van der Waals surface area contributed by atoms with Crippen molar-refractivity contribution in [3.63, 3.8) is 0 Å². The number of hydrogen-bond donors (Lipinski definition) is 1. The molecule has 2 unspecified atom stereocenters. The highest BCUT2D eigenvalue weighted by Gasteiger charge is 2.15. The lowest BCUT2D eigenvalue weighted by Gasteiger charge is -2.21. The molecular formula is C11H20N2S. The van der Waals surface area contributed by atoms with Gasteiger partial charge in [0.2, 0.25) is 0 Å². The minimum Gasteiger partial charge on any atom is -0.316 e. The molecule has 80 valence electrons.